The van der Waals surface area contributed by atoms with Crippen LogP contribution in [0.25, 0.3) is 12.2 Å². The predicted octanol–water partition coefficient (Wildman–Crippen LogP) is 4.13. The number of benzene rings is 2. The van der Waals surface area contributed by atoms with Crippen molar-refractivity contribution in [1.29, 1.82) is 0 Å². The summed E-state index contributed by atoms with van der Waals surface area (Å²) in [4.78, 5) is 24.3. The molecule has 0 radical (unpaired) electrons. The number of amides is 2. The molecule has 0 heterocycles. The fourth-order valence-electron chi connectivity index (χ4n) is 2.34. The Bertz CT molecular complexity index is 863. The summed E-state index contributed by atoms with van der Waals surface area (Å²) in [5, 5.41) is 6.90. The van der Waals surface area contributed by atoms with Gasteiger partial charge < -0.3 is 0 Å². The molecule has 160 valence electrons. The highest BCUT2D eigenvalue weighted by atomic mass is 32.2. The number of hydrogen-bond donors (Lipinski definition) is 2. The lowest BCUT2D eigenvalue weighted by molar-refractivity contribution is -0.120. The van der Waals surface area contributed by atoms with Crippen LogP contribution in [-0.4, -0.2) is 34.7 Å². The quantitative estimate of drug-likeness (QED) is 0.436. The maximum Gasteiger partial charge on any atom is 0.252 e. The van der Waals surface area contributed by atoms with Crippen LogP contribution >= 0.6 is 11.8 Å². The number of hydrogen-bond acceptors (Lipinski definition) is 5. The van der Waals surface area contributed by atoms with Gasteiger partial charge in [-0.3, -0.25) is 9.59 Å². The van der Waals surface area contributed by atoms with Gasteiger partial charge in [-0.05, 0) is 37.1 Å². The zero-order valence-electron chi connectivity index (χ0n) is 17.5. The molecule has 2 aromatic carbocycles. The molecule has 0 aliphatic carbocycles. The Balaban J connectivity index is 1.69. The third-order valence-electron chi connectivity index (χ3n) is 3.99. The van der Waals surface area contributed by atoms with Crippen molar-refractivity contribution < 1.29 is 9.59 Å². The van der Waals surface area contributed by atoms with Gasteiger partial charge in [-0.1, -0.05) is 72.8 Å². The number of hydrazone groups is 2. The minimum Gasteiger partial charge on any atom is -0.272 e. The topological polar surface area (TPSA) is 82.9 Å². The molecule has 2 rings (SSSR count). The molecule has 2 N–H and O–H groups in total. The summed E-state index contributed by atoms with van der Waals surface area (Å²) in [6.07, 6.45) is 10.3. The first kappa shape index (κ1) is 23.8. The number of allylic oxidation sites excluding steroid dienone is 2. The maximum atomic E-state index is 12.1. The predicted molar refractivity (Wildman–Crippen MR) is 131 cm³/mol. The van der Waals surface area contributed by atoms with Crippen LogP contribution in [0.15, 0.2) is 83.0 Å². The summed E-state index contributed by atoms with van der Waals surface area (Å²) in [5.41, 5.74) is 7.04. The molecule has 0 aliphatic rings. The van der Waals surface area contributed by atoms with Gasteiger partial charge >= 0.3 is 0 Å². The zero-order chi connectivity index (χ0) is 22.3. The standard InChI is InChI=1S/C24H26N4O2S/c1-19(23(29)27-25-17-9-15-21-11-5-3-6-12-21)31-20(2)24(30)28-26-18-10-16-22-13-7-4-8-14-22/h3-20H,1-2H3,(H,27,29)(H,28,30)/b15-9-,16-10+,25-17+,26-18-/t19-,20-/m0/s1. The van der Waals surface area contributed by atoms with Crippen LogP contribution in [0.2, 0.25) is 0 Å². The van der Waals surface area contributed by atoms with E-state index in [4.69, 9.17) is 0 Å². The highest BCUT2D eigenvalue weighted by Crippen LogP contribution is 2.17. The van der Waals surface area contributed by atoms with Crippen LogP contribution in [0.4, 0.5) is 0 Å². The largest absolute Gasteiger partial charge is 0.272 e. The van der Waals surface area contributed by atoms with Gasteiger partial charge in [0.15, 0.2) is 0 Å². The molecular weight excluding hydrogens is 408 g/mol. The molecule has 0 saturated carbocycles. The van der Waals surface area contributed by atoms with E-state index in [-0.39, 0.29) is 11.8 Å². The second-order valence-electron chi connectivity index (χ2n) is 6.47. The van der Waals surface area contributed by atoms with Crippen molar-refractivity contribution in [3.8, 4) is 0 Å². The Morgan fingerprint density at radius 3 is 1.52 bits per heavy atom. The Labute approximate surface area is 187 Å². The van der Waals surface area contributed by atoms with Crippen LogP contribution in [0.3, 0.4) is 0 Å². The summed E-state index contributed by atoms with van der Waals surface area (Å²) < 4.78 is 0. The molecule has 31 heavy (non-hydrogen) atoms. The minimum atomic E-state index is -0.446. The lowest BCUT2D eigenvalue weighted by Gasteiger charge is -2.14. The molecule has 0 bridgehead atoms. The van der Waals surface area contributed by atoms with E-state index in [9.17, 15) is 9.59 Å². The highest BCUT2D eigenvalue weighted by Gasteiger charge is 2.21. The molecule has 2 atom stereocenters. The molecule has 0 aromatic heterocycles. The second-order valence-corrected chi connectivity index (χ2v) is 8.15. The van der Waals surface area contributed by atoms with E-state index >= 15 is 0 Å². The smallest absolute Gasteiger partial charge is 0.252 e. The van der Waals surface area contributed by atoms with Crippen molar-refractivity contribution >= 4 is 48.2 Å². The molecule has 6 nitrogen and oxygen atoms in total. The summed E-state index contributed by atoms with van der Waals surface area (Å²) in [6, 6.07) is 19.6. The molecule has 0 unspecified atom stereocenters. The first-order valence-corrected chi connectivity index (χ1v) is 10.8. The molecule has 2 aromatic rings. The lowest BCUT2D eigenvalue weighted by atomic mass is 10.2. The van der Waals surface area contributed by atoms with Crippen molar-refractivity contribution in [1.82, 2.24) is 10.9 Å². The molecule has 0 fully saturated rings. The van der Waals surface area contributed by atoms with Gasteiger partial charge in [-0.15, -0.1) is 11.8 Å². The van der Waals surface area contributed by atoms with E-state index in [0.29, 0.717) is 0 Å². The van der Waals surface area contributed by atoms with Crippen LogP contribution in [0.5, 0.6) is 0 Å². The van der Waals surface area contributed by atoms with Gasteiger partial charge in [0.1, 0.15) is 0 Å². The number of carbonyl (C=O) groups excluding carboxylic acids is 2. The minimum absolute atomic E-state index is 0.275. The van der Waals surface area contributed by atoms with Crippen molar-refractivity contribution in [3.63, 3.8) is 0 Å². The van der Waals surface area contributed by atoms with Gasteiger partial charge in [0.05, 0.1) is 10.5 Å². The Kier molecular flexibility index (Phi) is 10.5. The fourth-order valence-corrected chi connectivity index (χ4v) is 3.30. The molecule has 0 aliphatic heterocycles. The number of nitrogens with one attached hydrogen (secondary N) is 2. The Morgan fingerprint density at radius 1 is 0.742 bits per heavy atom. The van der Waals surface area contributed by atoms with Crippen LogP contribution in [-0.2, 0) is 9.59 Å². The summed E-state index contributed by atoms with van der Waals surface area (Å²) >= 11 is 1.23. The highest BCUT2D eigenvalue weighted by molar-refractivity contribution is 8.01. The van der Waals surface area contributed by atoms with E-state index in [2.05, 4.69) is 21.1 Å². The van der Waals surface area contributed by atoms with E-state index in [1.807, 2.05) is 72.8 Å². The Hall–Kier alpha value is -3.45. The van der Waals surface area contributed by atoms with Crippen LogP contribution in [0.1, 0.15) is 25.0 Å². The molecular formula is C24H26N4O2S. The number of thioether (sulfide) groups is 1. The molecule has 7 heteroatoms. The van der Waals surface area contributed by atoms with E-state index < -0.39 is 10.5 Å². The number of nitrogens with zero attached hydrogens (tertiary/aromatic N) is 2. The maximum absolute atomic E-state index is 12.1. The van der Waals surface area contributed by atoms with Crippen molar-refractivity contribution in [2.45, 2.75) is 24.3 Å². The van der Waals surface area contributed by atoms with Crippen molar-refractivity contribution in [3.05, 3.63) is 83.9 Å². The summed E-state index contributed by atoms with van der Waals surface area (Å²) in [5.74, 6) is -0.549. The average Bonchev–Trinajstić information content (AvgIpc) is 2.79. The SMILES string of the molecule is C[C@H](S[C@@H](C)C(=O)N/N=C/C=C\c1ccccc1)C(=O)N/N=C\C=C\c1ccccc1. The second kappa shape index (κ2) is 13.7. The normalized spacial score (nSPS) is 13.7. The average molecular weight is 435 g/mol. The summed E-state index contributed by atoms with van der Waals surface area (Å²) in [7, 11) is 0. The van der Waals surface area contributed by atoms with E-state index in [1.165, 1.54) is 24.2 Å². The van der Waals surface area contributed by atoms with Gasteiger partial charge in [0, 0.05) is 12.4 Å². The lowest BCUT2D eigenvalue weighted by Crippen LogP contribution is -2.33. The zero-order valence-corrected chi connectivity index (χ0v) is 18.3. The molecule has 0 saturated heterocycles. The van der Waals surface area contributed by atoms with E-state index in [1.54, 1.807) is 26.0 Å². The van der Waals surface area contributed by atoms with E-state index in [0.717, 1.165) is 11.1 Å². The summed E-state index contributed by atoms with van der Waals surface area (Å²) in [6.45, 7) is 3.45. The number of rotatable bonds is 10. The third kappa shape index (κ3) is 9.73. The first-order chi connectivity index (χ1) is 15.1. The van der Waals surface area contributed by atoms with Crippen molar-refractivity contribution in [2.75, 3.05) is 0 Å². The van der Waals surface area contributed by atoms with Crippen molar-refractivity contribution in [2.24, 2.45) is 10.2 Å². The third-order valence-corrected chi connectivity index (χ3v) is 5.24. The van der Waals surface area contributed by atoms with Gasteiger partial charge in [0.2, 0.25) is 0 Å². The monoisotopic (exact) mass is 434 g/mol. The first-order valence-electron chi connectivity index (χ1n) is 9.81. The van der Waals surface area contributed by atoms with Gasteiger partial charge in [-0.2, -0.15) is 10.2 Å². The van der Waals surface area contributed by atoms with Crippen LogP contribution < -0.4 is 10.9 Å². The molecule has 2 amide bonds. The fraction of sp³-hybridized carbons (Fsp3) is 0.167. The molecule has 0 spiro atoms. The number of carbonyl (C=O) groups is 2. The van der Waals surface area contributed by atoms with Gasteiger partial charge in [0.25, 0.3) is 11.8 Å². The van der Waals surface area contributed by atoms with Gasteiger partial charge in [-0.25, -0.2) is 10.9 Å². The Morgan fingerprint density at radius 2 is 1.13 bits per heavy atom. The van der Waals surface area contributed by atoms with Crippen LogP contribution in [0, 0.1) is 0 Å².